The summed E-state index contributed by atoms with van der Waals surface area (Å²) in [5, 5.41) is 9.52. The number of anilines is 2. The van der Waals surface area contributed by atoms with E-state index in [9.17, 15) is 14.7 Å². The fraction of sp³-hybridized carbons (Fsp3) is 0.130. The molecule has 0 spiro atoms. The Bertz CT molecular complexity index is 1460. The molecule has 3 aromatic heterocycles. The highest BCUT2D eigenvalue weighted by molar-refractivity contribution is 5.94. The van der Waals surface area contributed by atoms with Crippen LogP contribution in [-0.4, -0.2) is 25.6 Å². The maximum Gasteiger partial charge on any atom is 0.341 e. The van der Waals surface area contributed by atoms with E-state index < -0.39 is 22.8 Å². The average molecular weight is 431 g/mol. The molecule has 0 unspecified atom stereocenters. The molecule has 0 saturated carbocycles. The molecule has 0 bridgehead atoms. The van der Waals surface area contributed by atoms with Crippen LogP contribution in [0.4, 0.5) is 15.9 Å². The van der Waals surface area contributed by atoms with E-state index in [4.69, 9.17) is 5.73 Å². The first-order chi connectivity index (χ1) is 15.3. The Hall–Kier alpha value is -4.27. The molecule has 4 aromatic rings. The number of carboxylic acid groups (broad SMARTS) is 1. The van der Waals surface area contributed by atoms with Crippen molar-refractivity contribution in [1.29, 1.82) is 0 Å². The quantitative estimate of drug-likeness (QED) is 0.512. The van der Waals surface area contributed by atoms with Crippen LogP contribution in [0.2, 0.25) is 0 Å². The maximum absolute atomic E-state index is 15.2. The van der Waals surface area contributed by atoms with Gasteiger partial charge in [-0.1, -0.05) is 6.07 Å². The number of hydrogen-bond acceptors (Lipinski definition) is 6. The lowest BCUT2D eigenvalue weighted by Crippen LogP contribution is -2.21. The molecule has 0 aliphatic carbocycles. The summed E-state index contributed by atoms with van der Waals surface area (Å²) >= 11 is 0. The molecule has 160 valence electrons. The van der Waals surface area contributed by atoms with Gasteiger partial charge in [0.25, 0.3) is 0 Å². The Balaban J connectivity index is 1.77. The van der Waals surface area contributed by atoms with Gasteiger partial charge in [0.1, 0.15) is 17.2 Å². The van der Waals surface area contributed by atoms with E-state index >= 15 is 4.39 Å². The van der Waals surface area contributed by atoms with E-state index in [2.05, 4.69) is 9.97 Å². The summed E-state index contributed by atoms with van der Waals surface area (Å²) in [6.07, 6.45) is 4.44. The predicted octanol–water partition coefficient (Wildman–Crippen LogP) is 3.03. The van der Waals surface area contributed by atoms with Crippen molar-refractivity contribution in [3.63, 3.8) is 0 Å². The number of aromatic nitrogens is 3. The van der Waals surface area contributed by atoms with Crippen molar-refractivity contribution < 1.29 is 14.3 Å². The van der Waals surface area contributed by atoms with Crippen LogP contribution in [0.5, 0.6) is 0 Å². The lowest BCUT2D eigenvalue weighted by atomic mass is 10.1. The second kappa shape index (κ2) is 7.16. The maximum atomic E-state index is 15.2. The molecular weight excluding hydrogens is 413 g/mol. The van der Waals surface area contributed by atoms with Crippen molar-refractivity contribution in [2.45, 2.75) is 20.0 Å². The smallest absolute Gasteiger partial charge is 0.341 e. The minimum atomic E-state index is -1.39. The van der Waals surface area contributed by atoms with Gasteiger partial charge in [-0.05, 0) is 42.3 Å². The van der Waals surface area contributed by atoms with E-state index in [1.54, 1.807) is 29.8 Å². The van der Waals surface area contributed by atoms with Gasteiger partial charge in [-0.15, -0.1) is 0 Å². The highest BCUT2D eigenvalue weighted by Crippen LogP contribution is 2.32. The molecule has 1 aromatic carbocycles. The third kappa shape index (κ3) is 3.06. The number of fused-ring (bicyclic) bond motifs is 2. The van der Waals surface area contributed by atoms with Crippen molar-refractivity contribution in [2.24, 2.45) is 0 Å². The van der Waals surface area contributed by atoms with Crippen molar-refractivity contribution in [1.82, 2.24) is 14.5 Å². The molecule has 0 atom stereocenters. The van der Waals surface area contributed by atoms with Crippen LogP contribution in [0.3, 0.4) is 0 Å². The van der Waals surface area contributed by atoms with Gasteiger partial charge in [0.15, 0.2) is 0 Å². The van der Waals surface area contributed by atoms with Crippen LogP contribution < -0.4 is 16.1 Å². The molecule has 0 fully saturated rings. The topological polar surface area (TPSA) is 114 Å². The number of carbonyl (C=O) groups is 1. The minimum absolute atomic E-state index is 0.0304. The zero-order chi connectivity index (χ0) is 22.6. The Morgan fingerprint density at radius 1 is 1.19 bits per heavy atom. The third-order valence-corrected chi connectivity index (χ3v) is 5.69. The number of hydrogen-bond donors (Lipinski definition) is 2. The van der Waals surface area contributed by atoms with Crippen LogP contribution in [0.15, 0.2) is 53.7 Å². The molecular formula is C23H18FN5O3. The summed E-state index contributed by atoms with van der Waals surface area (Å²) in [7, 11) is 0. The lowest BCUT2D eigenvalue weighted by molar-refractivity contribution is 0.0695. The molecule has 1 aliphatic heterocycles. The van der Waals surface area contributed by atoms with Gasteiger partial charge in [-0.3, -0.25) is 9.78 Å². The van der Waals surface area contributed by atoms with Crippen LogP contribution in [-0.2, 0) is 13.1 Å². The number of benzene rings is 1. The number of carboxylic acids is 1. The first-order valence-electron chi connectivity index (χ1n) is 9.86. The molecule has 1 aliphatic rings. The van der Waals surface area contributed by atoms with Crippen LogP contribution in [0, 0.1) is 12.7 Å². The predicted molar refractivity (Wildman–Crippen MR) is 118 cm³/mol. The van der Waals surface area contributed by atoms with Gasteiger partial charge in [-0.2, -0.15) is 0 Å². The standard InChI is InChI=1S/C23H18FN5O3/c1-12-5-21(25)27-8-20(12)29-10-15(23(31)32)22(30)14-6-16(24)19(7-18(14)29)28-9-13-3-2-4-26-17(13)11-28/h2-8,10H,9,11H2,1H3,(H2,25,27)(H,31,32). The minimum Gasteiger partial charge on any atom is -0.477 e. The number of aryl methyl sites for hydroxylation is 1. The number of halogens is 1. The molecule has 0 saturated heterocycles. The van der Waals surface area contributed by atoms with Crippen molar-refractivity contribution in [2.75, 3.05) is 10.6 Å². The molecule has 8 nitrogen and oxygen atoms in total. The van der Waals surface area contributed by atoms with E-state index in [1.807, 2.05) is 17.0 Å². The first-order valence-corrected chi connectivity index (χ1v) is 9.86. The van der Waals surface area contributed by atoms with E-state index in [0.29, 0.717) is 35.8 Å². The van der Waals surface area contributed by atoms with Gasteiger partial charge in [0.05, 0.1) is 35.3 Å². The number of nitrogens with zero attached hydrogens (tertiary/aromatic N) is 4. The molecule has 32 heavy (non-hydrogen) atoms. The Morgan fingerprint density at radius 3 is 2.72 bits per heavy atom. The Labute approximate surface area is 181 Å². The Morgan fingerprint density at radius 2 is 2.00 bits per heavy atom. The molecule has 4 heterocycles. The van der Waals surface area contributed by atoms with E-state index in [0.717, 1.165) is 22.9 Å². The van der Waals surface area contributed by atoms with E-state index in [-0.39, 0.29) is 5.39 Å². The first kappa shape index (κ1) is 19.7. The summed E-state index contributed by atoms with van der Waals surface area (Å²) < 4.78 is 16.7. The largest absolute Gasteiger partial charge is 0.477 e. The molecule has 0 radical (unpaired) electrons. The number of rotatable bonds is 3. The number of nitrogen functional groups attached to an aromatic ring is 1. The Kier molecular flexibility index (Phi) is 4.40. The molecule has 0 amide bonds. The van der Waals surface area contributed by atoms with E-state index in [1.165, 1.54) is 12.4 Å². The summed E-state index contributed by atoms with van der Waals surface area (Å²) in [4.78, 5) is 34.8. The third-order valence-electron chi connectivity index (χ3n) is 5.69. The monoisotopic (exact) mass is 431 g/mol. The molecule has 3 N–H and O–H groups in total. The normalized spacial score (nSPS) is 12.9. The fourth-order valence-electron chi connectivity index (χ4n) is 4.12. The summed E-state index contributed by atoms with van der Waals surface area (Å²) in [5.41, 5.74) is 8.35. The average Bonchev–Trinajstić information content (AvgIpc) is 3.18. The van der Waals surface area contributed by atoms with Crippen LogP contribution in [0.1, 0.15) is 27.2 Å². The van der Waals surface area contributed by atoms with Crippen molar-refractivity contribution in [3.05, 3.63) is 87.3 Å². The highest BCUT2D eigenvalue weighted by atomic mass is 19.1. The zero-order valence-electron chi connectivity index (χ0n) is 17.0. The van der Waals surface area contributed by atoms with Crippen molar-refractivity contribution in [3.8, 4) is 5.69 Å². The zero-order valence-corrected chi connectivity index (χ0v) is 17.0. The summed E-state index contributed by atoms with van der Waals surface area (Å²) in [6.45, 7) is 2.70. The molecule has 5 rings (SSSR count). The van der Waals surface area contributed by atoms with Gasteiger partial charge in [-0.25, -0.2) is 14.2 Å². The highest BCUT2D eigenvalue weighted by Gasteiger charge is 2.25. The lowest BCUT2D eigenvalue weighted by Gasteiger charge is -2.21. The number of pyridine rings is 3. The van der Waals surface area contributed by atoms with Gasteiger partial charge in [0.2, 0.25) is 5.43 Å². The number of nitrogens with two attached hydrogens (primary N) is 1. The fourth-order valence-corrected chi connectivity index (χ4v) is 4.12. The number of aromatic carboxylic acids is 1. The van der Waals surface area contributed by atoms with Gasteiger partial charge in [0, 0.05) is 24.3 Å². The SMILES string of the molecule is Cc1cc(N)ncc1-n1cc(C(=O)O)c(=O)c2cc(F)c(N3Cc4cccnc4C3)cc21. The van der Waals surface area contributed by atoms with Gasteiger partial charge >= 0.3 is 5.97 Å². The second-order valence-corrected chi connectivity index (χ2v) is 7.73. The van der Waals surface area contributed by atoms with Gasteiger partial charge < -0.3 is 20.3 Å². The second-order valence-electron chi connectivity index (χ2n) is 7.73. The van der Waals surface area contributed by atoms with Crippen LogP contribution in [0.25, 0.3) is 16.6 Å². The summed E-state index contributed by atoms with van der Waals surface area (Å²) in [5.74, 6) is -1.69. The van der Waals surface area contributed by atoms with Crippen molar-refractivity contribution >= 4 is 28.4 Å². The summed E-state index contributed by atoms with van der Waals surface area (Å²) in [6, 6.07) is 8.10. The molecule has 9 heteroatoms. The van der Waals surface area contributed by atoms with Crippen LogP contribution >= 0.6 is 0 Å².